The normalized spacial score (nSPS) is 10.5. The summed E-state index contributed by atoms with van der Waals surface area (Å²) in [7, 11) is 3.07. The lowest BCUT2D eigenvalue weighted by atomic mass is 10.1. The molecule has 3 aromatic rings. The second kappa shape index (κ2) is 8.09. The number of carbonyl (C=O) groups is 1. The Kier molecular flexibility index (Phi) is 5.59. The molecule has 2 aromatic carbocycles. The van der Waals surface area contributed by atoms with Crippen LogP contribution in [0.5, 0.6) is 11.5 Å². The molecule has 0 radical (unpaired) electrons. The average molecular weight is 401 g/mol. The number of aromatic nitrogens is 2. The van der Waals surface area contributed by atoms with Gasteiger partial charge in [0.1, 0.15) is 11.5 Å². The molecule has 0 saturated heterocycles. The summed E-state index contributed by atoms with van der Waals surface area (Å²) in [6.45, 7) is 1.34. The van der Waals surface area contributed by atoms with E-state index in [1.165, 1.54) is 39.3 Å². The number of non-ortho nitro benzene ring substituents is 1. The highest BCUT2D eigenvalue weighted by atomic mass is 32.2. The van der Waals surface area contributed by atoms with Crippen molar-refractivity contribution in [2.45, 2.75) is 17.0 Å². The van der Waals surface area contributed by atoms with E-state index >= 15 is 0 Å². The maximum Gasteiger partial charge on any atom is 0.281 e. The number of nitro groups is 1. The van der Waals surface area contributed by atoms with Crippen molar-refractivity contribution in [1.29, 1.82) is 0 Å². The van der Waals surface area contributed by atoms with Crippen molar-refractivity contribution in [3.8, 4) is 23.0 Å². The van der Waals surface area contributed by atoms with Crippen LogP contribution >= 0.6 is 11.8 Å². The van der Waals surface area contributed by atoms with Crippen LogP contribution in [0.15, 0.2) is 50.9 Å². The Balaban J connectivity index is 1.92. The number of carbonyl (C=O) groups excluding carboxylic acids is 1. The van der Waals surface area contributed by atoms with Crippen molar-refractivity contribution in [2.24, 2.45) is 0 Å². The molecule has 1 aromatic heterocycles. The van der Waals surface area contributed by atoms with Crippen molar-refractivity contribution in [3.05, 3.63) is 52.1 Å². The van der Waals surface area contributed by atoms with E-state index in [4.69, 9.17) is 13.9 Å². The van der Waals surface area contributed by atoms with Gasteiger partial charge in [0, 0.05) is 34.2 Å². The second-order valence-electron chi connectivity index (χ2n) is 5.57. The topological polar surface area (TPSA) is 118 Å². The molecule has 10 heteroatoms. The SMILES string of the molecule is COc1cc(OC)cc(-c2nnc(Sc3ccc([N+](=O)[O-])cc3C(C)=O)o2)c1. The van der Waals surface area contributed by atoms with Crippen molar-refractivity contribution in [1.82, 2.24) is 10.2 Å². The van der Waals surface area contributed by atoms with Gasteiger partial charge in [0.25, 0.3) is 10.9 Å². The zero-order chi connectivity index (χ0) is 20.3. The van der Waals surface area contributed by atoms with Crippen LogP contribution in [-0.4, -0.2) is 35.1 Å². The number of hydrogen-bond acceptors (Lipinski definition) is 9. The van der Waals surface area contributed by atoms with Crippen LogP contribution in [0.4, 0.5) is 5.69 Å². The molecule has 9 nitrogen and oxygen atoms in total. The van der Waals surface area contributed by atoms with Gasteiger partial charge in [-0.1, -0.05) is 0 Å². The highest BCUT2D eigenvalue weighted by molar-refractivity contribution is 7.99. The summed E-state index contributed by atoms with van der Waals surface area (Å²) in [5, 5.41) is 19.1. The van der Waals surface area contributed by atoms with Crippen molar-refractivity contribution in [3.63, 3.8) is 0 Å². The molecule has 0 spiro atoms. The Hall–Kier alpha value is -3.40. The summed E-state index contributed by atoms with van der Waals surface area (Å²) in [5.74, 6) is 1.07. The Bertz CT molecular complexity index is 1030. The summed E-state index contributed by atoms with van der Waals surface area (Å²) in [6, 6.07) is 9.19. The van der Waals surface area contributed by atoms with Crippen LogP contribution in [0.25, 0.3) is 11.5 Å². The van der Waals surface area contributed by atoms with Crippen LogP contribution in [0.1, 0.15) is 17.3 Å². The number of nitrogens with zero attached hydrogens (tertiary/aromatic N) is 3. The Morgan fingerprint density at radius 1 is 1.11 bits per heavy atom. The molecule has 0 aliphatic rings. The largest absolute Gasteiger partial charge is 0.497 e. The van der Waals surface area contributed by atoms with Gasteiger partial charge in [0.15, 0.2) is 5.78 Å². The molecule has 28 heavy (non-hydrogen) atoms. The van der Waals surface area contributed by atoms with Gasteiger partial charge in [-0.3, -0.25) is 14.9 Å². The molecule has 0 bridgehead atoms. The number of ketones is 1. The Morgan fingerprint density at radius 2 is 1.79 bits per heavy atom. The molecule has 1 heterocycles. The molecule has 0 N–H and O–H groups in total. The fourth-order valence-electron chi connectivity index (χ4n) is 2.39. The maximum absolute atomic E-state index is 11.9. The first kappa shape index (κ1) is 19.4. The van der Waals surface area contributed by atoms with Gasteiger partial charge in [0.05, 0.1) is 19.1 Å². The monoisotopic (exact) mass is 401 g/mol. The van der Waals surface area contributed by atoms with Gasteiger partial charge in [0.2, 0.25) is 5.89 Å². The molecule has 0 amide bonds. The second-order valence-corrected chi connectivity index (χ2v) is 6.56. The fraction of sp³-hybridized carbons (Fsp3) is 0.167. The van der Waals surface area contributed by atoms with E-state index in [0.29, 0.717) is 22.0 Å². The summed E-state index contributed by atoms with van der Waals surface area (Å²) < 4.78 is 16.1. The molecule has 0 saturated carbocycles. The van der Waals surface area contributed by atoms with Crippen molar-refractivity contribution in [2.75, 3.05) is 14.2 Å². The number of hydrogen-bond donors (Lipinski definition) is 0. The summed E-state index contributed by atoms with van der Waals surface area (Å²) in [5.41, 5.74) is 0.650. The van der Waals surface area contributed by atoms with Crippen LogP contribution in [0.2, 0.25) is 0 Å². The quantitative estimate of drug-likeness (QED) is 0.328. The molecule has 144 valence electrons. The molecule has 0 fully saturated rings. The maximum atomic E-state index is 11.9. The van der Waals surface area contributed by atoms with Gasteiger partial charge in [-0.2, -0.15) is 0 Å². The van der Waals surface area contributed by atoms with E-state index in [0.717, 1.165) is 11.8 Å². The van der Waals surface area contributed by atoms with Crippen LogP contribution in [-0.2, 0) is 0 Å². The molecular formula is C18H15N3O6S. The fourth-order valence-corrected chi connectivity index (χ4v) is 3.23. The van der Waals surface area contributed by atoms with Crippen LogP contribution in [0.3, 0.4) is 0 Å². The minimum absolute atomic E-state index is 0.163. The smallest absolute Gasteiger partial charge is 0.281 e. The predicted octanol–water partition coefficient (Wildman–Crippen LogP) is 4.02. The minimum Gasteiger partial charge on any atom is -0.497 e. The van der Waals surface area contributed by atoms with Gasteiger partial charge in [-0.05, 0) is 36.9 Å². The third-order valence-electron chi connectivity index (χ3n) is 3.76. The first-order valence-electron chi connectivity index (χ1n) is 7.95. The van der Waals surface area contributed by atoms with E-state index in [2.05, 4.69) is 10.2 Å². The zero-order valence-corrected chi connectivity index (χ0v) is 16.0. The number of rotatable bonds is 7. The van der Waals surface area contributed by atoms with E-state index < -0.39 is 4.92 Å². The number of ether oxygens (including phenoxy) is 2. The molecule has 0 unspecified atom stereocenters. The summed E-state index contributed by atoms with van der Waals surface area (Å²) in [4.78, 5) is 22.7. The lowest BCUT2D eigenvalue weighted by Crippen LogP contribution is -1.98. The average Bonchev–Trinajstić information content (AvgIpc) is 3.16. The first-order chi connectivity index (χ1) is 13.4. The number of Topliss-reactive ketones (excluding diaryl/α,β-unsaturated/α-hetero) is 1. The molecular weight excluding hydrogens is 386 g/mol. The van der Waals surface area contributed by atoms with E-state index in [1.54, 1.807) is 18.2 Å². The van der Waals surface area contributed by atoms with Crippen molar-refractivity contribution < 1.29 is 23.6 Å². The molecule has 0 aliphatic heterocycles. The Morgan fingerprint density at radius 3 is 2.36 bits per heavy atom. The number of nitro benzene ring substituents is 1. The third-order valence-corrected chi connectivity index (χ3v) is 4.67. The lowest BCUT2D eigenvalue weighted by Gasteiger charge is -2.06. The van der Waals surface area contributed by atoms with Crippen molar-refractivity contribution >= 4 is 23.2 Å². The van der Waals surface area contributed by atoms with E-state index in [9.17, 15) is 14.9 Å². The predicted molar refractivity (Wildman–Crippen MR) is 100 cm³/mol. The standard InChI is InChI=1S/C18H15N3O6S/c1-10(22)15-8-12(21(23)24)4-5-16(15)28-18-20-19-17(27-18)11-6-13(25-2)9-14(7-11)26-3/h4-9H,1-3H3. The van der Waals surface area contributed by atoms with E-state index in [1.807, 2.05) is 0 Å². The lowest BCUT2D eigenvalue weighted by molar-refractivity contribution is -0.384. The summed E-state index contributed by atoms with van der Waals surface area (Å²) in [6.07, 6.45) is 0. The molecule has 0 aliphatic carbocycles. The molecule has 3 rings (SSSR count). The van der Waals surface area contributed by atoms with Gasteiger partial charge in [-0.25, -0.2) is 0 Å². The van der Waals surface area contributed by atoms with Crippen LogP contribution in [0, 0.1) is 10.1 Å². The number of methoxy groups -OCH3 is 2. The minimum atomic E-state index is -0.554. The Labute approximate surface area is 163 Å². The first-order valence-corrected chi connectivity index (χ1v) is 8.77. The summed E-state index contributed by atoms with van der Waals surface area (Å²) >= 11 is 1.05. The number of benzene rings is 2. The molecule has 0 atom stereocenters. The van der Waals surface area contributed by atoms with Crippen LogP contribution < -0.4 is 9.47 Å². The van der Waals surface area contributed by atoms with Gasteiger partial charge >= 0.3 is 0 Å². The van der Waals surface area contributed by atoms with Gasteiger partial charge in [-0.15, -0.1) is 10.2 Å². The highest BCUT2D eigenvalue weighted by Crippen LogP contribution is 2.35. The zero-order valence-electron chi connectivity index (χ0n) is 15.2. The van der Waals surface area contributed by atoms with E-state index in [-0.39, 0.29) is 28.1 Å². The third kappa shape index (κ3) is 4.12. The highest BCUT2D eigenvalue weighted by Gasteiger charge is 2.18. The van der Waals surface area contributed by atoms with Gasteiger partial charge < -0.3 is 13.9 Å².